The highest BCUT2D eigenvalue weighted by Crippen LogP contribution is 2.37. The van der Waals surface area contributed by atoms with E-state index in [9.17, 15) is 0 Å². The number of nitrogens with one attached hydrogen (secondary N) is 1. The van der Waals surface area contributed by atoms with Crippen molar-refractivity contribution in [3.63, 3.8) is 0 Å². The Balaban J connectivity index is 1.68. The summed E-state index contributed by atoms with van der Waals surface area (Å²) < 4.78 is 0. The van der Waals surface area contributed by atoms with Crippen LogP contribution in [-0.4, -0.2) is 35.1 Å². The highest BCUT2D eigenvalue weighted by Gasteiger charge is 2.39. The van der Waals surface area contributed by atoms with Gasteiger partial charge in [-0.05, 0) is 36.8 Å². The van der Waals surface area contributed by atoms with Crippen molar-refractivity contribution in [3.8, 4) is 0 Å². The fraction of sp³-hybridized carbons (Fsp3) is 0.706. The van der Waals surface area contributed by atoms with Crippen molar-refractivity contribution in [2.45, 2.75) is 51.7 Å². The molecule has 0 bridgehead atoms. The minimum atomic E-state index is 0.638. The van der Waals surface area contributed by atoms with E-state index in [-0.39, 0.29) is 0 Å². The molecule has 0 radical (unpaired) electrons. The normalized spacial score (nSPS) is 29.3. The molecule has 0 spiro atoms. The molecule has 3 rings (SSSR count). The Morgan fingerprint density at radius 3 is 2.90 bits per heavy atom. The van der Waals surface area contributed by atoms with Crippen LogP contribution in [0.5, 0.6) is 0 Å². The first-order chi connectivity index (χ1) is 9.78. The molecule has 3 atom stereocenters. The summed E-state index contributed by atoms with van der Waals surface area (Å²) >= 11 is 0. The van der Waals surface area contributed by atoms with Crippen molar-refractivity contribution in [1.82, 2.24) is 15.2 Å². The summed E-state index contributed by atoms with van der Waals surface area (Å²) in [6.45, 7) is 8.01. The van der Waals surface area contributed by atoms with Gasteiger partial charge in [0.1, 0.15) is 0 Å². The zero-order chi connectivity index (χ0) is 13.9. The van der Waals surface area contributed by atoms with Crippen LogP contribution in [0.15, 0.2) is 24.4 Å². The van der Waals surface area contributed by atoms with Crippen molar-refractivity contribution < 1.29 is 0 Å². The fourth-order valence-corrected chi connectivity index (χ4v) is 3.35. The molecule has 1 aromatic rings. The minimum Gasteiger partial charge on any atom is -0.311 e. The second-order valence-corrected chi connectivity index (χ2v) is 6.56. The van der Waals surface area contributed by atoms with E-state index in [4.69, 9.17) is 0 Å². The third-order valence-corrected chi connectivity index (χ3v) is 5.08. The maximum absolute atomic E-state index is 4.51. The van der Waals surface area contributed by atoms with E-state index in [1.807, 2.05) is 12.3 Å². The van der Waals surface area contributed by atoms with Crippen LogP contribution in [0.25, 0.3) is 0 Å². The summed E-state index contributed by atoms with van der Waals surface area (Å²) in [6.07, 6.45) is 6.00. The summed E-state index contributed by atoms with van der Waals surface area (Å²) in [5, 5.41) is 3.79. The monoisotopic (exact) mass is 273 g/mol. The molecular formula is C17H27N3. The van der Waals surface area contributed by atoms with Crippen LogP contribution < -0.4 is 5.32 Å². The maximum Gasteiger partial charge on any atom is 0.0544 e. The molecule has 2 aliphatic rings. The van der Waals surface area contributed by atoms with Crippen molar-refractivity contribution in [3.05, 3.63) is 30.1 Å². The first kappa shape index (κ1) is 14.0. The highest BCUT2D eigenvalue weighted by atomic mass is 15.2. The highest BCUT2D eigenvalue weighted by molar-refractivity contribution is 5.05. The Kier molecular flexibility index (Phi) is 4.37. The second-order valence-electron chi connectivity index (χ2n) is 6.56. The summed E-state index contributed by atoms with van der Waals surface area (Å²) in [5.74, 6) is 1.67. The number of piperazine rings is 1. The molecule has 110 valence electrons. The van der Waals surface area contributed by atoms with E-state index in [0.29, 0.717) is 6.04 Å². The van der Waals surface area contributed by atoms with Gasteiger partial charge in [-0.1, -0.05) is 26.3 Å². The first-order valence-electron chi connectivity index (χ1n) is 8.15. The SMILES string of the molecule is CCC(C)C1CN(Cc2ccccn2)C(C2CC2)CN1. The number of pyridine rings is 1. The Morgan fingerprint density at radius 1 is 1.40 bits per heavy atom. The van der Waals surface area contributed by atoms with Gasteiger partial charge in [0.05, 0.1) is 5.69 Å². The van der Waals surface area contributed by atoms with Gasteiger partial charge in [-0.25, -0.2) is 0 Å². The number of aromatic nitrogens is 1. The van der Waals surface area contributed by atoms with Gasteiger partial charge >= 0.3 is 0 Å². The minimum absolute atomic E-state index is 0.638. The number of rotatable bonds is 5. The van der Waals surface area contributed by atoms with Crippen LogP contribution in [0.4, 0.5) is 0 Å². The lowest BCUT2D eigenvalue weighted by Crippen LogP contribution is -2.58. The molecule has 3 unspecified atom stereocenters. The summed E-state index contributed by atoms with van der Waals surface area (Å²) in [5.41, 5.74) is 1.21. The van der Waals surface area contributed by atoms with Gasteiger partial charge in [-0.2, -0.15) is 0 Å². The Hall–Kier alpha value is -0.930. The topological polar surface area (TPSA) is 28.2 Å². The molecule has 3 nitrogen and oxygen atoms in total. The molecule has 1 saturated carbocycles. The zero-order valence-corrected chi connectivity index (χ0v) is 12.8. The predicted octanol–water partition coefficient (Wildman–Crippen LogP) is 2.68. The summed E-state index contributed by atoms with van der Waals surface area (Å²) in [4.78, 5) is 7.20. The van der Waals surface area contributed by atoms with Gasteiger partial charge in [0.25, 0.3) is 0 Å². The van der Waals surface area contributed by atoms with Crippen LogP contribution >= 0.6 is 0 Å². The smallest absolute Gasteiger partial charge is 0.0544 e. The molecular weight excluding hydrogens is 246 g/mol. The van der Waals surface area contributed by atoms with Gasteiger partial charge in [-0.3, -0.25) is 9.88 Å². The quantitative estimate of drug-likeness (QED) is 0.894. The maximum atomic E-state index is 4.51. The van der Waals surface area contributed by atoms with Crippen LogP contribution in [0.1, 0.15) is 38.8 Å². The molecule has 0 aromatic carbocycles. The van der Waals surface area contributed by atoms with E-state index < -0.39 is 0 Å². The molecule has 1 aromatic heterocycles. The third kappa shape index (κ3) is 3.21. The number of hydrogen-bond donors (Lipinski definition) is 1. The number of nitrogens with zero attached hydrogens (tertiary/aromatic N) is 2. The standard InChI is InChI=1S/C17H27N3/c1-3-13(2)16-12-20(11-15-6-4-5-9-18-15)17(10-19-16)14-7-8-14/h4-6,9,13-14,16-17,19H,3,7-8,10-12H2,1-2H3. The Bertz CT molecular complexity index is 416. The molecule has 20 heavy (non-hydrogen) atoms. The van der Waals surface area contributed by atoms with Crippen molar-refractivity contribution >= 4 is 0 Å². The van der Waals surface area contributed by atoms with E-state index in [2.05, 4.69) is 41.2 Å². The molecule has 0 amide bonds. The predicted molar refractivity (Wildman–Crippen MR) is 82.4 cm³/mol. The zero-order valence-electron chi connectivity index (χ0n) is 12.8. The van der Waals surface area contributed by atoms with E-state index in [1.165, 1.54) is 31.5 Å². The second kappa shape index (κ2) is 6.23. The molecule has 1 saturated heterocycles. The van der Waals surface area contributed by atoms with Crippen LogP contribution in [0, 0.1) is 11.8 Å². The Morgan fingerprint density at radius 2 is 2.25 bits per heavy atom. The van der Waals surface area contributed by atoms with Crippen LogP contribution in [-0.2, 0) is 6.54 Å². The average Bonchev–Trinajstić information content (AvgIpc) is 3.32. The van der Waals surface area contributed by atoms with Crippen LogP contribution in [0.3, 0.4) is 0 Å². The van der Waals surface area contributed by atoms with Crippen molar-refractivity contribution in [1.29, 1.82) is 0 Å². The van der Waals surface area contributed by atoms with Gasteiger partial charge in [-0.15, -0.1) is 0 Å². The Labute approximate surface area is 122 Å². The molecule has 1 aliphatic heterocycles. The largest absolute Gasteiger partial charge is 0.311 e. The van der Waals surface area contributed by atoms with Gasteiger partial charge < -0.3 is 5.32 Å². The van der Waals surface area contributed by atoms with E-state index in [1.54, 1.807) is 0 Å². The van der Waals surface area contributed by atoms with Gasteiger partial charge in [0.2, 0.25) is 0 Å². The summed E-state index contributed by atoms with van der Waals surface area (Å²) in [6, 6.07) is 7.62. The van der Waals surface area contributed by atoms with Gasteiger partial charge in [0, 0.05) is 37.9 Å². The average molecular weight is 273 g/mol. The fourth-order valence-electron chi connectivity index (χ4n) is 3.35. The van der Waals surface area contributed by atoms with Crippen molar-refractivity contribution in [2.75, 3.05) is 13.1 Å². The van der Waals surface area contributed by atoms with Crippen molar-refractivity contribution in [2.24, 2.45) is 11.8 Å². The summed E-state index contributed by atoms with van der Waals surface area (Å²) in [7, 11) is 0. The lowest BCUT2D eigenvalue weighted by Gasteiger charge is -2.42. The first-order valence-corrected chi connectivity index (χ1v) is 8.15. The third-order valence-electron chi connectivity index (χ3n) is 5.08. The van der Waals surface area contributed by atoms with E-state index in [0.717, 1.165) is 31.0 Å². The molecule has 2 fully saturated rings. The molecule has 3 heteroatoms. The molecule has 1 aliphatic carbocycles. The lowest BCUT2D eigenvalue weighted by molar-refractivity contribution is 0.0879. The van der Waals surface area contributed by atoms with E-state index >= 15 is 0 Å². The van der Waals surface area contributed by atoms with Crippen LogP contribution in [0.2, 0.25) is 0 Å². The molecule has 1 N–H and O–H groups in total. The molecule has 2 heterocycles. The number of hydrogen-bond acceptors (Lipinski definition) is 3. The van der Waals surface area contributed by atoms with Gasteiger partial charge in [0.15, 0.2) is 0 Å². The lowest BCUT2D eigenvalue weighted by atomic mass is 9.94.